The predicted molar refractivity (Wildman–Crippen MR) is 68.4 cm³/mol. The van der Waals surface area contributed by atoms with E-state index in [4.69, 9.17) is 4.74 Å². The Kier molecular flexibility index (Phi) is 6.00. The Bertz CT molecular complexity index is 294. The fraction of sp³-hybridized carbons (Fsp3) is 0.636. The van der Waals surface area contributed by atoms with E-state index in [0.29, 0.717) is 0 Å². The number of anilines is 1. The number of aromatic nitrogens is 2. The number of hydrogen-bond donors (Lipinski definition) is 1. The van der Waals surface area contributed by atoms with Crippen molar-refractivity contribution in [1.29, 1.82) is 0 Å². The molecule has 16 heavy (non-hydrogen) atoms. The summed E-state index contributed by atoms with van der Waals surface area (Å²) in [6, 6.07) is 0. The minimum absolute atomic E-state index is 0.759. The van der Waals surface area contributed by atoms with Crippen LogP contribution in [0.4, 0.5) is 5.82 Å². The average Bonchev–Trinajstić information content (AvgIpc) is 2.33. The predicted octanol–water partition coefficient (Wildman–Crippen LogP) is 2.81. The zero-order chi connectivity index (χ0) is 11.8. The highest BCUT2D eigenvalue weighted by Crippen LogP contribution is 2.32. The zero-order valence-corrected chi connectivity index (χ0v) is 10.9. The van der Waals surface area contributed by atoms with Gasteiger partial charge in [0.05, 0.1) is 7.11 Å². The van der Waals surface area contributed by atoms with Crippen molar-refractivity contribution in [2.24, 2.45) is 0 Å². The Morgan fingerprint density at radius 3 is 2.75 bits per heavy atom. The summed E-state index contributed by atoms with van der Waals surface area (Å²) in [6.45, 7) is 5.16. The zero-order valence-electron chi connectivity index (χ0n) is 10.1. The molecule has 4 nitrogen and oxygen atoms in total. The van der Waals surface area contributed by atoms with Crippen molar-refractivity contribution in [3.63, 3.8) is 0 Å². The van der Waals surface area contributed by atoms with Crippen molar-refractivity contribution in [3.8, 4) is 5.75 Å². The molecule has 1 aromatic rings. The molecule has 0 fully saturated rings. The van der Waals surface area contributed by atoms with Gasteiger partial charge in [-0.25, -0.2) is 9.97 Å². The number of nitrogens with one attached hydrogen (secondary N) is 1. The van der Waals surface area contributed by atoms with E-state index >= 15 is 0 Å². The highest BCUT2D eigenvalue weighted by Gasteiger charge is 2.11. The molecule has 0 saturated carbocycles. The van der Waals surface area contributed by atoms with Crippen LogP contribution in [-0.2, 0) is 0 Å². The van der Waals surface area contributed by atoms with Gasteiger partial charge in [-0.15, -0.1) is 11.8 Å². The Hall–Kier alpha value is -0.970. The van der Waals surface area contributed by atoms with E-state index in [1.54, 1.807) is 25.2 Å². The number of nitrogens with zero attached hydrogens (tertiary/aromatic N) is 2. The number of ether oxygens (including phenoxy) is 1. The first-order chi connectivity index (χ1) is 7.83. The van der Waals surface area contributed by atoms with Crippen LogP contribution in [0.25, 0.3) is 0 Å². The van der Waals surface area contributed by atoms with E-state index in [2.05, 4.69) is 29.1 Å². The average molecular weight is 241 g/mol. The molecule has 0 atom stereocenters. The van der Waals surface area contributed by atoms with Gasteiger partial charge in [0.1, 0.15) is 11.4 Å². The standard InChI is InChI=1S/C11H19N3OS/c1-4-6-12-10-9(15-3)11(14-8-13-10)16-7-5-2/h8H,4-7H2,1-3H3,(H,12,13,14). The first kappa shape index (κ1) is 13.1. The van der Waals surface area contributed by atoms with Gasteiger partial charge in [0.2, 0.25) is 0 Å². The van der Waals surface area contributed by atoms with Gasteiger partial charge in [0, 0.05) is 6.54 Å². The highest BCUT2D eigenvalue weighted by atomic mass is 32.2. The summed E-state index contributed by atoms with van der Waals surface area (Å²) < 4.78 is 5.36. The van der Waals surface area contributed by atoms with Crippen LogP contribution in [0.2, 0.25) is 0 Å². The van der Waals surface area contributed by atoms with E-state index in [1.165, 1.54) is 0 Å². The van der Waals surface area contributed by atoms with Crippen LogP contribution in [0, 0.1) is 0 Å². The molecule has 0 radical (unpaired) electrons. The van der Waals surface area contributed by atoms with Gasteiger partial charge in [0.15, 0.2) is 11.6 Å². The SMILES string of the molecule is CCCNc1ncnc(SCCC)c1OC. The summed E-state index contributed by atoms with van der Waals surface area (Å²) in [6.07, 6.45) is 3.76. The molecule has 0 amide bonds. The van der Waals surface area contributed by atoms with Crippen molar-refractivity contribution < 1.29 is 4.74 Å². The maximum Gasteiger partial charge on any atom is 0.193 e. The van der Waals surface area contributed by atoms with Crippen LogP contribution in [0.3, 0.4) is 0 Å². The second kappa shape index (κ2) is 7.33. The first-order valence-corrected chi connectivity index (χ1v) is 6.57. The lowest BCUT2D eigenvalue weighted by Gasteiger charge is -2.11. The molecule has 0 aliphatic carbocycles. The molecule has 1 rings (SSSR count). The van der Waals surface area contributed by atoms with Crippen molar-refractivity contribution in [3.05, 3.63) is 6.33 Å². The van der Waals surface area contributed by atoms with Gasteiger partial charge >= 0.3 is 0 Å². The van der Waals surface area contributed by atoms with Crippen LogP contribution < -0.4 is 10.1 Å². The smallest absolute Gasteiger partial charge is 0.193 e. The van der Waals surface area contributed by atoms with Crippen molar-refractivity contribution in [2.75, 3.05) is 24.7 Å². The van der Waals surface area contributed by atoms with Gasteiger partial charge in [-0.2, -0.15) is 0 Å². The lowest BCUT2D eigenvalue weighted by Crippen LogP contribution is -2.05. The topological polar surface area (TPSA) is 47.0 Å². The fourth-order valence-electron chi connectivity index (χ4n) is 1.21. The lowest BCUT2D eigenvalue weighted by atomic mass is 10.4. The van der Waals surface area contributed by atoms with E-state index in [0.717, 1.165) is 41.7 Å². The van der Waals surface area contributed by atoms with Crippen molar-refractivity contribution >= 4 is 17.6 Å². The Morgan fingerprint density at radius 2 is 2.12 bits per heavy atom. The molecule has 1 aromatic heterocycles. The quantitative estimate of drug-likeness (QED) is 0.587. The number of rotatable bonds is 7. The minimum Gasteiger partial charge on any atom is -0.490 e. The van der Waals surface area contributed by atoms with E-state index in [9.17, 15) is 0 Å². The first-order valence-electron chi connectivity index (χ1n) is 5.59. The summed E-state index contributed by atoms with van der Waals surface area (Å²) in [5, 5.41) is 4.16. The van der Waals surface area contributed by atoms with Crippen molar-refractivity contribution in [2.45, 2.75) is 31.7 Å². The third-order valence-electron chi connectivity index (χ3n) is 1.96. The maximum atomic E-state index is 5.36. The van der Waals surface area contributed by atoms with Gasteiger partial charge < -0.3 is 10.1 Å². The minimum atomic E-state index is 0.759. The Morgan fingerprint density at radius 1 is 1.31 bits per heavy atom. The molecule has 0 unspecified atom stereocenters. The molecule has 1 N–H and O–H groups in total. The second-order valence-corrected chi connectivity index (χ2v) is 4.42. The third kappa shape index (κ3) is 3.56. The molecule has 0 aliphatic rings. The van der Waals surface area contributed by atoms with Crippen LogP contribution in [0.15, 0.2) is 11.4 Å². The molecule has 0 spiro atoms. The maximum absolute atomic E-state index is 5.36. The van der Waals surface area contributed by atoms with Crippen LogP contribution in [0.1, 0.15) is 26.7 Å². The van der Waals surface area contributed by atoms with E-state index < -0.39 is 0 Å². The summed E-state index contributed by atoms with van der Waals surface area (Å²) in [4.78, 5) is 8.44. The molecule has 90 valence electrons. The molecule has 0 aliphatic heterocycles. The lowest BCUT2D eigenvalue weighted by molar-refractivity contribution is 0.400. The van der Waals surface area contributed by atoms with Crippen molar-refractivity contribution in [1.82, 2.24) is 9.97 Å². The number of hydrogen-bond acceptors (Lipinski definition) is 5. The highest BCUT2D eigenvalue weighted by molar-refractivity contribution is 7.99. The molecular formula is C11H19N3OS. The molecule has 5 heteroatoms. The monoisotopic (exact) mass is 241 g/mol. The Labute approximate surface area is 101 Å². The van der Waals surface area contributed by atoms with Gasteiger partial charge in [-0.1, -0.05) is 13.8 Å². The van der Waals surface area contributed by atoms with Crippen LogP contribution in [-0.4, -0.2) is 29.4 Å². The summed E-state index contributed by atoms with van der Waals surface area (Å²) in [5.74, 6) is 2.59. The normalized spacial score (nSPS) is 10.2. The van der Waals surface area contributed by atoms with Gasteiger partial charge in [0.25, 0.3) is 0 Å². The molecule has 1 heterocycles. The van der Waals surface area contributed by atoms with Gasteiger partial charge in [-0.05, 0) is 18.6 Å². The van der Waals surface area contributed by atoms with Crippen LogP contribution in [0.5, 0.6) is 5.75 Å². The second-order valence-electron chi connectivity index (χ2n) is 3.34. The third-order valence-corrected chi connectivity index (χ3v) is 3.14. The largest absolute Gasteiger partial charge is 0.490 e. The molecular weight excluding hydrogens is 222 g/mol. The fourth-order valence-corrected chi connectivity index (χ4v) is 2.04. The molecule has 0 aromatic carbocycles. The van der Waals surface area contributed by atoms with E-state index in [1.807, 2.05) is 0 Å². The molecule has 0 bridgehead atoms. The van der Waals surface area contributed by atoms with Crippen LogP contribution >= 0.6 is 11.8 Å². The summed E-state index contributed by atoms with van der Waals surface area (Å²) in [7, 11) is 1.66. The summed E-state index contributed by atoms with van der Waals surface area (Å²) >= 11 is 1.70. The Balaban J connectivity index is 2.82. The summed E-state index contributed by atoms with van der Waals surface area (Å²) in [5.41, 5.74) is 0. The number of methoxy groups -OCH3 is 1. The molecule has 0 saturated heterocycles. The number of thioether (sulfide) groups is 1. The van der Waals surface area contributed by atoms with Gasteiger partial charge in [-0.3, -0.25) is 0 Å². The van der Waals surface area contributed by atoms with E-state index in [-0.39, 0.29) is 0 Å².